The fraction of sp³-hybridized carbons (Fsp3) is 0.381. The van der Waals surface area contributed by atoms with E-state index in [-0.39, 0.29) is 13.2 Å². The molecule has 0 bridgehead atoms. The van der Waals surface area contributed by atoms with E-state index in [2.05, 4.69) is 5.32 Å². The van der Waals surface area contributed by atoms with E-state index < -0.39 is 18.0 Å². The lowest BCUT2D eigenvalue weighted by Crippen LogP contribution is -2.36. The van der Waals surface area contributed by atoms with Gasteiger partial charge in [0, 0.05) is 17.5 Å². The molecule has 1 aliphatic heterocycles. The van der Waals surface area contributed by atoms with Crippen LogP contribution in [-0.4, -0.2) is 56.8 Å². The van der Waals surface area contributed by atoms with Crippen molar-refractivity contribution in [1.29, 1.82) is 0 Å². The third kappa shape index (κ3) is 5.26. The average molecular weight is 448 g/mol. The molecule has 1 aromatic heterocycles. The first-order chi connectivity index (χ1) is 15.0. The van der Waals surface area contributed by atoms with E-state index in [9.17, 15) is 14.4 Å². The van der Waals surface area contributed by atoms with Crippen molar-refractivity contribution in [3.63, 3.8) is 0 Å². The van der Waals surface area contributed by atoms with Gasteiger partial charge in [-0.1, -0.05) is 6.07 Å². The number of thiophene rings is 1. The Morgan fingerprint density at radius 1 is 1.19 bits per heavy atom. The summed E-state index contributed by atoms with van der Waals surface area (Å²) in [6, 6.07) is 6.90. The van der Waals surface area contributed by atoms with Gasteiger partial charge in [0.1, 0.15) is 16.5 Å². The number of nitrogens with zero attached hydrogens (tertiary/aromatic N) is 1. The number of hydrogen-bond acceptors (Lipinski definition) is 8. The molecule has 3 rings (SSSR count). The third-order valence-corrected chi connectivity index (χ3v) is 5.77. The summed E-state index contributed by atoms with van der Waals surface area (Å²) in [6.45, 7) is 2.51. The van der Waals surface area contributed by atoms with Crippen molar-refractivity contribution in [3.8, 4) is 11.5 Å². The first kappa shape index (κ1) is 22.4. The Labute approximate surface area is 183 Å². The molecule has 0 atom stereocenters. The van der Waals surface area contributed by atoms with Gasteiger partial charge in [0.15, 0.2) is 6.61 Å². The number of carbonyl (C=O) groups is 3. The maximum Gasteiger partial charge on any atom is 0.410 e. The molecule has 1 N–H and O–H groups in total. The maximum atomic E-state index is 12.5. The van der Waals surface area contributed by atoms with Gasteiger partial charge in [-0.3, -0.25) is 4.79 Å². The molecule has 0 saturated carbocycles. The van der Waals surface area contributed by atoms with Crippen molar-refractivity contribution in [2.45, 2.75) is 19.9 Å². The van der Waals surface area contributed by atoms with Crippen LogP contribution in [0.25, 0.3) is 0 Å². The Balaban J connectivity index is 1.73. The van der Waals surface area contributed by atoms with Gasteiger partial charge in [-0.05, 0) is 31.0 Å². The molecule has 2 aromatic rings. The van der Waals surface area contributed by atoms with Gasteiger partial charge in [0.05, 0.1) is 32.9 Å². The number of nitrogens with one attached hydrogen (secondary N) is 1. The van der Waals surface area contributed by atoms with E-state index in [0.29, 0.717) is 41.6 Å². The fourth-order valence-corrected chi connectivity index (χ4v) is 4.45. The van der Waals surface area contributed by atoms with Gasteiger partial charge in [0.2, 0.25) is 0 Å². The highest BCUT2D eigenvalue weighted by Gasteiger charge is 2.31. The normalized spacial score (nSPS) is 12.5. The Hall–Kier alpha value is -3.27. The Morgan fingerprint density at radius 2 is 1.97 bits per heavy atom. The minimum Gasteiger partial charge on any atom is -0.497 e. The molecule has 31 heavy (non-hydrogen) atoms. The molecule has 1 aliphatic rings. The lowest BCUT2D eigenvalue weighted by Gasteiger charge is -2.26. The average Bonchev–Trinajstić information content (AvgIpc) is 3.14. The smallest absolute Gasteiger partial charge is 0.410 e. The van der Waals surface area contributed by atoms with E-state index >= 15 is 0 Å². The summed E-state index contributed by atoms with van der Waals surface area (Å²) in [6.07, 6.45) is 0.0593. The Kier molecular flexibility index (Phi) is 7.35. The molecule has 0 radical (unpaired) electrons. The first-order valence-electron chi connectivity index (χ1n) is 9.68. The van der Waals surface area contributed by atoms with Crippen LogP contribution in [0.5, 0.6) is 11.5 Å². The van der Waals surface area contributed by atoms with Gasteiger partial charge in [-0.15, -0.1) is 11.3 Å². The zero-order valence-corrected chi connectivity index (χ0v) is 18.4. The summed E-state index contributed by atoms with van der Waals surface area (Å²) in [5.41, 5.74) is 1.10. The van der Waals surface area contributed by atoms with E-state index in [0.717, 1.165) is 10.4 Å². The quantitative estimate of drug-likeness (QED) is 0.649. The largest absolute Gasteiger partial charge is 0.497 e. The SMILES string of the molecule is CCOC(=O)N1CCc2c(sc(NC(=O)COc3cccc(OC)c3)c2C(=O)OC)C1. The maximum absolute atomic E-state index is 12.5. The number of fused-ring (bicyclic) bond motifs is 1. The van der Waals surface area contributed by atoms with Crippen molar-refractivity contribution in [1.82, 2.24) is 4.90 Å². The van der Waals surface area contributed by atoms with E-state index in [1.165, 1.54) is 18.4 Å². The number of benzene rings is 1. The van der Waals surface area contributed by atoms with Gasteiger partial charge >= 0.3 is 12.1 Å². The number of ether oxygens (including phenoxy) is 4. The minimum atomic E-state index is -0.536. The lowest BCUT2D eigenvalue weighted by atomic mass is 10.0. The number of carbonyl (C=O) groups excluding carboxylic acids is 3. The number of anilines is 1. The molecule has 9 nitrogen and oxygen atoms in total. The summed E-state index contributed by atoms with van der Waals surface area (Å²) in [7, 11) is 2.83. The topological polar surface area (TPSA) is 103 Å². The van der Waals surface area contributed by atoms with Crippen molar-refractivity contribution in [2.75, 3.05) is 39.3 Å². The number of amides is 2. The highest BCUT2D eigenvalue weighted by Crippen LogP contribution is 2.37. The standard InChI is InChI=1S/C21H24N2O7S/c1-4-29-21(26)23-9-8-15-16(11-23)31-19(18(15)20(25)28-3)22-17(24)12-30-14-7-5-6-13(10-14)27-2/h5-7,10H,4,8-9,11-12H2,1-3H3,(H,22,24). The molecular weight excluding hydrogens is 424 g/mol. The van der Waals surface area contributed by atoms with Crippen molar-refractivity contribution in [3.05, 3.63) is 40.3 Å². The summed E-state index contributed by atoms with van der Waals surface area (Å²) in [5.74, 6) is 0.140. The van der Waals surface area contributed by atoms with Crippen LogP contribution >= 0.6 is 11.3 Å². The molecule has 0 unspecified atom stereocenters. The molecule has 166 valence electrons. The van der Waals surface area contributed by atoms with Crippen LogP contribution in [0.1, 0.15) is 27.7 Å². The van der Waals surface area contributed by atoms with Crippen molar-refractivity contribution in [2.24, 2.45) is 0 Å². The van der Waals surface area contributed by atoms with Crippen LogP contribution in [0, 0.1) is 0 Å². The second-order valence-electron chi connectivity index (χ2n) is 6.59. The fourth-order valence-electron chi connectivity index (χ4n) is 3.18. The number of rotatable bonds is 7. The highest BCUT2D eigenvalue weighted by molar-refractivity contribution is 7.17. The van der Waals surface area contributed by atoms with E-state index in [1.807, 2.05) is 0 Å². The van der Waals surface area contributed by atoms with Gasteiger partial charge < -0.3 is 29.2 Å². The second kappa shape index (κ2) is 10.2. The molecule has 0 saturated heterocycles. The zero-order valence-electron chi connectivity index (χ0n) is 17.6. The molecule has 0 fully saturated rings. The molecular formula is C21H24N2O7S. The van der Waals surface area contributed by atoms with Crippen LogP contribution in [0.2, 0.25) is 0 Å². The molecule has 2 heterocycles. The second-order valence-corrected chi connectivity index (χ2v) is 7.69. The van der Waals surface area contributed by atoms with Crippen LogP contribution in [0.4, 0.5) is 9.80 Å². The van der Waals surface area contributed by atoms with Crippen LogP contribution < -0.4 is 14.8 Å². The van der Waals surface area contributed by atoms with Crippen LogP contribution in [-0.2, 0) is 27.2 Å². The van der Waals surface area contributed by atoms with Crippen LogP contribution in [0.15, 0.2) is 24.3 Å². The first-order valence-corrected chi connectivity index (χ1v) is 10.5. The Bertz CT molecular complexity index is 973. The van der Waals surface area contributed by atoms with E-state index in [1.54, 1.807) is 43.2 Å². The molecule has 10 heteroatoms. The van der Waals surface area contributed by atoms with Gasteiger partial charge in [-0.2, -0.15) is 0 Å². The lowest BCUT2D eigenvalue weighted by molar-refractivity contribution is -0.118. The summed E-state index contributed by atoms with van der Waals surface area (Å²) in [5, 5.41) is 3.12. The number of hydrogen-bond donors (Lipinski definition) is 1. The van der Waals surface area contributed by atoms with Crippen LogP contribution in [0.3, 0.4) is 0 Å². The summed E-state index contributed by atoms with van der Waals surface area (Å²) in [4.78, 5) is 39.3. The molecule has 2 amide bonds. The number of esters is 1. The van der Waals surface area contributed by atoms with Crippen molar-refractivity contribution < 1.29 is 33.3 Å². The minimum absolute atomic E-state index is 0.245. The molecule has 0 aliphatic carbocycles. The Morgan fingerprint density at radius 3 is 2.68 bits per heavy atom. The van der Waals surface area contributed by atoms with E-state index in [4.69, 9.17) is 18.9 Å². The predicted octanol–water partition coefficient (Wildman–Crippen LogP) is 3.08. The number of methoxy groups -OCH3 is 2. The molecule has 0 spiro atoms. The third-order valence-electron chi connectivity index (χ3n) is 4.64. The predicted molar refractivity (Wildman–Crippen MR) is 114 cm³/mol. The zero-order chi connectivity index (χ0) is 22.4. The highest BCUT2D eigenvalue weighted by atomic mass is 32.1. The summed E-state index contributed by atoms with van der Waals surface area (Å²) >= 11 is 1.24. The summed E-state index contributed by atoms with van der Waals surface area (Å²) < 4.78 is 20.6. The molecule has 1 aromatic carbocycles. The van der Waals surface area contributed by atoms with Crippen molar-refractivity contribution >= 4 is 34.3 Å². The van der Waals surface area contributed by atoms with Gasteiger partial charge in [-0.25, -0.2) is 9.59 Å². The van der Waals surface area contributed by atoms with Gasteiger partial charge in [0.25, 0.3) is 5.91 Å². The monoisotopic (exact) mass is 448 g/mol.